The van der Waals surface area contributed by atoms with Gasteiger partial charge in [-0.2, -0.15) is 0 Å². The predicted molar refractivity (Wildman–Crippen MR) is 91.4 cm³/mol. The average molecular weight is 325 g/mol. The molecule has 1 N–H and O–H groups in total. The molecule has 1 aromatic heterocycles. The number of aromatic nitrogens is 1. The molecular weight excluding hydrogens is 306 g/mol. The molecular formula is C18H19N3O3. The highest BCUT2D eigenvalue weighted by atomic mass is 16.5. The molecule has 1 fully saturated rings. The lowest BCUT2D eigenvalue weighted by molar-refractivity contribution is 0.0600. The molecule has 0 unspecified atom stereocenters. The Hall–Kier alpha value is -2.89. The topological polar surface area (TPSA) is 71.5 Å². The lowest BCUT2D eigenvalue weighted by Crippen LogP contribution is -2.24. The van der Waals surface area contributed by atoms with Crippen molar-refractivity contribution < 1.29 is 14.3 Å². The van der Waals surface area contributed by atoms with Crippen LogP contribution in [-0.2, 0) is 4.74 Å². The number of methoxy groups -OCH3 is 1. The van der Waals surface area contributed by atoms with Crippen LogP contribution in [0.25, 0.3) is 0 Å². The molecule has 1 aliphatic rings. The van der Waals surface area contributed by atoms with E-state index >= 15 is 0 Å². The molecule has 124 valence electrons. The van der Waals surface area contributed by atoms with Gasteiger partial charge in [0, 0.05) is 25.0 Å². The zero-order valence-corrected chi connectivity index (χ0v) is 13.5. The van der Waals surface area contributed by atoms with Gasteiger partial charge in [0.15, 0.2) is 0 Å². The number of hydrogen-bond donors (Lipinski definition) is 1. The van der Waals surface area contributed by atoms with Crippen LogP contribution in [0.15, 0.2) is 42.6 Å². The fraction of sp³-hybridized carbons (Fsp3) is 0.278. The molecule has 0 atom stereocenters. The van der Waals surface area contributed by atoms with Crippen molar-refractivity contribution in [3.63, 3.8) is 0 Å². The molecule has 2 heterocycles. The normalized spacial score (nSPS) is 13.6. The van der Waals surface area contributed by atoms with Crippen LogP contribution in [-0.4, -0.2) is 37.1 Å². The van der Waals surface area contributed by atoms with Gasteiger partial charge in [0.25, 0.3) is 5.91 Å². The molecule has 0 radical (unpaired) electrons. The summed E-state index contributed by atoms with van der Waals surface area (Å²) in [5.74, 6) is 0.103. The molecule has 3 rings (SSSR count). The third-order valence-corrected chi connectivity index (χ3v) is 4.00. The number of hydrogen-bond acceptors (Lipinski definition) is 5. The van der Waals surface area contributed by atoms with E-state index < -0.39 is 5.97 Å². The zero-order valence-electron chi connectivity index (χ0n) is 13.5. The average Bonchev–Trinajstić information content (AvgIpc) is 3.16. The van der Waals surface area contributed by atoms with Crippen molar-refractivity contribution in [2.75, 3.05) is 30.4 Å². The van der Waals surface area contributed by atoms with Gasteiger partial charge in [-0.25, -0.2) is 9.78 Å². The van der Waals surface area contributed by atoms with Crippen molar-refractivity contribution >= 4 is 23.4 Å². The lowest BCUT2D eigenvalue weighted by Gasteiger charge is -2.19. The zero-order chi connectivity index (χ0) is 16.9. The van der Waals surface area contributed by atoms with E-state index in [1.165, 1.54) is 7.11 Å². The maximum atomic E-state index is 12.6. The lowest BCUT2D eigenvalue weighted by atomic mass is 10.2. The number of rotatable bonds is 4. The molecule has 1 aliphatic heterocycles. The Morgan fingerprint density at radius 1 is 1.12 bits per heavy atom. The maximum Gasteiger partial charge on any atom is 0.337 e. The van der Waals surface area contributed by atoms with E-state index in [1.54, 1.807) is 42.6 Å². The monoisotopic (exact) mass is 325 g/mol. The van der Waals surface area contributed by atoms with E-state index in [-0.39, 0.29) is 5.91 Å². The first-order valence-electron chi connectivity index (χ1n) is 7.89. The Kier molecular flexibility index (Phi) is 4.74. The number of esters is 1. The van der Waals surface area contributed by atoms with E-state index in [4.69, 9.17) is 0 Å². The van der Waals surface area contributed by atoms with Crippen molar-refractivity contribution in [1.82, 2.24) is 4.98 Å². The van der Waals surface area contributed by atoms with Crippen LogP contribution >= 0.6 is 0 Å². The van der Waals surface area contributed by atoms with E-state index in [0.717, 1.165) is 31.7 Å². The Morgan fingerprint density at radius 3 is 2.50 bits per heavy atom. The van der Waals surface area contributed by atoms with Crippen LogP contribution in [0.4, 0.5) is 11.5 Å². The van der Waals surface area contributed by atoms with Crippen molar-refractivity contribution in [1.29, 1.82) is 0 Å². The first-order valence-corrected chi connectivity index (χ1v) is 7.89. The number of nitrogens with zero attached hydrogens (tertiary/aromatic N) is 2. The van der Waals surface area contributed by atoms with Gasteiger partial charge in [-0.1, -0.05) is 0 Å². The molecule has 6 heteroatoms. The molecule has 1 aromatic carbocycles. The molecule has 0 saturated carbocycles. The summed E-state index contributed by atoms with van der Waals surface area (Å²) in [6.45, 7) is 1.84. The number of carbonyl (C=O) groups is 2. The number of carbonyl (C=O) groups excluding carboxylic acids is 2. The highest BCUT2D eigenvalue weighted by Crippen LogP contribution is 2.23. The van der Waals surface area contributed by atoms with Crippen LogP contribution in [0.1, 0.15) is 33.6 Å². The van der Waals surface area contributed by atoms with E-state index in [9.17, 15) is 9.59 Å². The van der Waals surface area contributed by atoms with Gasteiger partial charge in [0.2, 0.25) is 0 Å². The number of anilines is 2. The molecule has 1 saturated heterocycles. The van der Waals surface area contributed by atoms with Gasteiger partial charge in [-0.3, -0.25) is 4.79 Å². The van der Waals surface area contributed by atoms with Gasteiger partial charge in [0.1, 0.15) is 5.82 Å². The van der Waals surface area contributed by atoms with Crippen LogP contribution in [0.5, 0.6) is 0 Å². The van der Waals surface area contributed by atoms with Crippen molar-refractivity contribution in [3.8, 4) is 0 Å². The second-order valence-corrected chi connectivity index (χ2v) is 5.59. The standard InChI is InChI=1S/C18H19N3O3/c1-24-18(23)13-6-8-14(9-7-13)20-17(22)15-5-4-10-19-16(15)21-11-2-3-12-21/h4-10H,2-3,11-12H2,1H3,(H,20,22). The number of benzene rings is 1. The van der Waals surface area contributed by atoms with Crippen molar-refractivity contribution in [2.24, 2.45) is 0 Å². The maximum absolute atomic E-state index is 12.6. The number of ether oxygens (including phenoxy) is 1. The minimum atomic E-state index is -0.406. The Bertz CT molecular complexity index is 737. The summed E-state index contributed by atoms with van der Waals surface area (Å²) in [6.07, 6.45) is 3.94. The van der Waals surface area contributed by atoms with Gasteiger partial charge >= 0.3 is 5.97 Å². The van der Waals surface area contributed by atoms with E-state index in [0.29, 0.717) is 16.8 Å². The summed E-state index contributed by atoms with van der Waals surface area (Å²) in [5.41, 5.74) is 1.61. The quantitative estimate of drug-likeness (QED) is 0.875. The highest BCUT2D eigenvalue weighted by molar-refractivity contribution is 6.07. The molecule has 2 aromatic rings. The highest BCUT2D eigenvalue weighted by Gasteiger charge is 2.20. The second-order valence-electron chi connectivity index (χ2n) is 5.59. The summed E-state index contributed by atoms with van der Waals surface area (Å²) >= 11 is 0. The fourth-order valence-corrected chi connectivity index (χ4v) is 2.76. The second kappa shape index (κ2) is 7.12. The first-order chi connectivity index (χ1) is 11.7. The third-order valence-electron chi connectivity index (χ3n) is 4.00. The predicted octanol–water partition coefficient (Wildman–Crippen LogP) is 2.72. The summed E-state index contributed by atoms with van der Waals surface area (Å²) in [4.78, 5) is 30.5. The SMILES string of the molecule is COC(=O)c1ccc(NC(=O)c2cccnc2N2CCCC2)cc1. The smallest absolute Gasteiger partial charge is 0.337 e. The van der Waals surface area contributed by atoms with E-state index in [1.807, 2.05) is 0 Å². The molecule has 24 heavy (non-hydrogen) atoms. The van der Waals surface area contributed by atoms with Gasteiger partial charge in [-0.15, -0.1) is 0 Å². The Morgan fingerprint density at radius 2 is 1.83 bits per heavy atom. The van der Waals surface area contributed by atoms with Crippen molar-refractivity contribution in [2.45, 2.75) is 12.8 Å². The summed E-state index contributed by atoms with van der Waals surface area (Å²) in [6, 6.07) is 10.1. The molecule has 0 bridgehead atoms. The van der Waals surface area contributed by atoms with Crippen LogP contribution in [0, 0.1) is 0 Å². The number of pyridine rings is 1. The molecule has 0 aliphatic carbocycles. The summed E-state index contributed by atoms with van der Waals surface area (Å²) in [7, 11) is 1.33. The number of nitrogens with one attached hydrogen (secondary N) is 1. The minimum Gasteiger partial charge on any atom is -0.465 e. The van der Waals surface area contributed by atoms with Gasteiger partial charge in [0.05, 0.1) is 18.2 Å². The Balaban J connectivity index is 1.76. The molecule has 0 spiro atoms. The third kappa shape index (κ3) is 3.37. The van der Waals surface area contributed by atoms with E-state index in [2.05, 4.69) is 19.9 Å². The Labute approximate surface area is 140 Å². The van der Waals surface area contributed by atoms with Gasteiger partial charge < -0.3 is 15.0 Å². The minimum absolute atomic E-state index is 0.212. The molecule has 6 nitrogen and oxygen atoms in total. The fourth-order valence-electron chi connectivity index (χ4n) is 2.76. The number of amides is 1. The van der Waals surface area contributed by atoms with Crippen LogP contribution in [0.3, 0.4) is 0 Å². The largest absolute Gasteiger partial charge is 0.465 e. The first kappa shape index (κ1) is 16.0. The summed E-state index contributed by atoms with van der Waals surface area (Å²) < 4.78 is 4.66. The summed E-state index contributed by atoms with van der Waals surface area (Å²) in [5, 5.41) is 2.85. The van der Waals surface area contributed by atoms with Crippen LogP contribution in [0.2, 0.25) is 0 Å². The van der Waals surface area contributed by atoms with Crippen molar-refractivity contribution in [3.05, 3.63) is 53.7 Å². The molecule has 1 amide bonds. The van der Waals surface area contributed by atoms with Crippen LogP contribution < -0.4 is 10.2 Å². The van der Waals surface area contributed by atoms with Gasteiger partial charge in [-0.05, 0) is 49.2 Å².